The van der Waals surface area contributed by atoms with Crippen molar-refractivity contribution in [1.29, 1.82) is 0 Å². The minimum absolute atomic E-state index is 0.0343. The maximum atomic E-state index is 12.6. The Balaban J connectivity index is 2.04. The molecule has 122 valence electrons. The first-order valence-corrected chi connectivity index (χ1v) is 7.59. The third-order valence-corrected chi connectivity index (χ3v) is 3.85. The number of nitrogens with zero attached hydrogens (tertiary/aromatic N) is 2. The van der Waals surface area contributed by atoms with Gasteiger partial charge in [-0.15, -0.1) is 0 Å². The standard InChI is InChI=1S/C19H18N2O3/c1-12-5-4-6-16(21-12)17(22)9-13-7-8-20-19-15(13)10-14(23-2)11-18(19)24-3/h4-8,10-11H,9H2,1-3H3. The van der Waals surface area contributed by atoms with Crippen molar-refractivity contribution in [3.8, 4) is 11.5 Å². The fourth-order valence-electron chi connectivity index (χ4n) is 2.64. The summed E-state index contributed by atoms with van der Waals surface area (Å²) in [7, 11) is 3.18. The molecule has 24 heavy (non-hydrogen) atoms. The van der Waals surface area contributed by atoms with E-state index in [0.29, 0.717) is 22.7 Å². The Hall–Kier alpha value is -2.95. The number of Topliss-reactive ketones (excluding diaryl/α,β-unsaturated/α-hetero) is 1. The number of pyridine rings is 2. The number of hydrogen-bond donors (Lipinski definition) is 0. The summed E-state index contributed by atoms with van der Waals surface area (Å²) in [4.78, 5) is 21.3. The van der Waals surface area contributed by atoms with E-state index in [9.17, 15) is 4.79 Å². The molecular formula is C19H18N2O3. The molecule has 0 aliphatic carbocycles. The third-order valence-electron chi connectivity index (χ3n) is 3.85. The Morgan fingerprint density at radius 2 is 1.96 bits per heavy atom. The first-order valence-electron chi connectivity index (χ1n) is 7.59. The summed E-state index contributed by atoms with van der Waals surface area (Å²) in [5.74, 6) is 1.25. The smallest absolute Gasteiger partial charge is 0.185 e. The van der Waals surface area contributed by atoms with Crippen molar-refractivity contribution in [1.82, 2.24) is 9.97 Å². The van der Waals surface area contributed by atoms with E-state index in [2.05, 4.69) is 9.97 Å². The Bertz CT molecular complexity index is 906. The maximum Gasteiger partial charge on any atom is 0.185 e. The average molecular weight is 322 g/mol. The molecule has 0 aliphatic heterocycles. The normalized spacial score (nSPS) is 10.6. The van der Waals surface area contributed by atoms with Crippen LogP contribution in [0.5, 0.6) is 11.5 Å². The first kappa shape index (κ1) is 15.9. The lowest BCUT2D eigenvalue weighted by molar-refractivity contribution is 0.0988. The van der Waals surface area contributed by atoms with Crippen LogP contribution in [0.1, 0.15) is 21.7 Å². The summed E-state index contributed by atoms with van der Waals surface area (Å²) >= 11 is 0. The third kappa shape index (κ3) is 3.06. The van der Waals surface area contributed by atoms with Crippen molar-refractivity contribution in [3.05, 3.63) is 59.5 Å². The van der Waals surface area contributed by atoms with Gasteiger partial charge in [0, 0.05) is 29.8 Å². The van der Waals surface area contributed by atoms with Gasteiger partial charge in [-0.25, -0.2) is 0 Å². The molecule has 0 saturated carbocycles. The van der Waals surface area contributed by atoms with Gasteiger partial charge in [-0.3, -0.25) is 14.8 Å². The quantitative estimate of drug-likeness (QED) is 0.674. The summed E-state index contributed by atoms with van der Waals surface area (Å²) in [5.41, 5.74) is 2.87. The first-order chi connectivity index (χ1) is 11.6. The van der Waals surface area contributed by atoms with Crippen molar-refractivity contribution < 1.29 is 14.3 Å². The van der Waals surface area contributed by atoms with E-state index in [1.54, 1.807) is 32.5 Å². The molecule has 0 N–H and O–H groups in total. The highest BCUT2D eigenvalue weighted by atomic mass is 16.5. The van der Waals surface area contributed by atoms with Crippen LogP contribution in [0.2, 0.25) is 0 Å². The number of ether oxygens (including phenoxy) is 2. The Morgan fingerprint density at radius 3 is 2.67 bits per heavy atom. The number of methoxy groups -OCH3 is 2. The highest BCUT2D eigenvalue weighted by molar-refractivity contribution is 5.99. The van der Waals surface area contributed by atoms with Gasteiger partial charge in [0.05, 0.1) is 14.2 Å². The number of hydrogen-bond acceptors (Lipinski definition) is 5. The van der Waals surface area contributed by atoms with Crippen LogP contribution in [0, 0.1) is 6.92 Å². The van der Waals surface area contributed by atoms with Crippen molar-refractivity contribution in [2.24, 2.45) is 0 Å². The van der Waals surface area contributed by atoms with Gasteiger partial charge < -0.3 is 9.47 Å². The predicted octanol–water partition coefficient (Wildman–Crippen LogP) is 3.38. The minimum atomic E-state index is -0.0343. The van der Waals surface area contributed by atoms with Gasteiger partial charge >= 0.3 is 0 Å². The summed E-state index contributed by atoms with van der Waals surface area (Å²) in [6, 6.07) is 10.9. The van der Waals surface area contributed by atoms with Crippen LogP contribution in [0.25, 0.3) is 10.9 Å². The second-order valence-corrected chi connectivity index (χ2v) is 5.46. The van der Waals surface area contributed by atoms with E-state index >= 15 is 0 Å². The Kier molecular flexibility index (Phi) is 4.42. The number of benzene rings is 1. The summed E-state index contributed by atoms with van der Waals surface area (Å²) < 4.78 is 10.7. The van der Waals surface area contributed by atoms with Crippen LogP contribution in [0.15, 0.2) is 42.6 Å². The van der Waals surface area contributed by atoms with Gasteiger partial charge in [0.15, 0.2) is 5.78 Å². The van der Waals surface area contributed by atoms with Crippen molar-refractivity contribution in [3.63, 3.8) is 0 Å². The number of carbonyl (C=O) groups excluding carboxylic acids is 1. The molecule has 0 atom stereocenters. The fraction of sp³-hybridized carbons (Fsp3) is 0.211. The molecule has 2 aromatic heterocycles. The van der Waals surface area contributed by atoms with Crippen molar-refractivity contribution >= 4 is 16.7 Å². The Morgan fingerprint density at radius 1 is 1.12 bits per heavy atom. The maximum absolute atomic E-state index is 12.6. The van der Waals surface area contributed by atoms with Gasteiger partial charge in [-0.1, -0.05) is 6.07 Å². The lowest BCUT2D eigenvalue weighted by Crippen LogP contribution is -2.07. The number of rotatable bonds is 5. The molecule has 1 aromatic carbocycles. The van der Waals surface area contributed by atoms with E-state index in [-0.39, 0.29) is 12.2 Å². The number of aryl methyl sites for hydroxylation is 1. The predicted molar refractivity (Wildman–Crippen MR) is 91.9 cm³/mol. The van der Waals surface area contributed by atoms with Crippen molar-refractivity contribution in [2.75, 3.05) is 14.2 Å². The van der Waals surface area contributed by atoms with Gasteiger partial charge in [0.1, 0.15) is 22.7 Å². The molecule has 5 nitrogen and oxygen atoms in total. The zero-order valence-corrected chi connectivity index (χ0v) is 13.9. The van der Waals surface area contributed by atoms with Crippen LogP contribution in [0.4, 0.5) is 0 Å². The van der Waals surface area contributed by atoms with Crippen LogP contribution in [0.3, 0.4) is 0 Å². The number of ketones is 1. The Labute approximate surface area is 140 Å². The SMILES string of the molecule is COc1cc(OC)c2nccc(CC(=O)c3cccc(C)n3)c2c1. The van der Waals surface area contributed by atoms with E-state index in [1.165, 1.54) is 0 Å². The zero-order chi connectivity index (χ0) is 17.1. The number of aromatic nitrogens is 2. The molecule has 5 heteroatoms. The molecule has 0 saturated heterocycles. The van der Waals surface area contributed by atoms with E-state index < -0.39 is 0 Å². The topological polar surface area (TPSA) is 61.3 Å². The molecule has 0 radical (unpaired) electrons. The molecule has 0 unspecified atom stereocenters. The van der Waals surface area contributed by atoms with Gasteiger partial charge in [0.2, 0.25) is 0 Å². The molecule has 0 spiro atoms. The molecule has 0 amide bonds. The highest BCUT2D eigenvalue weighted by Gasteiger charge is 2.14. The van der Waals surface area contributed by atoms with Crippen LogP contribution in [-0.2, 0) is 6.42 Å². The van der Waals surface area contributed by atoms with Gasteiger partial charge in [-0.05, 0) is 36.8 Å². The monoisotopic (exact) mass is 322 g/mol. The minimum Gasteiger partial charge on any atom is -0.497 e. The average Bonchev–Trinajstić information content (AvgIpc) is 2.61. The zero-order valence-electron chi connectivity index (χ0n) is 13.9. The molecule has 3 rings (SSSR count). The second kappa shape index (κ2) is 6.66. The van der Waals surface area contributed by atoms with E-state index in [0.717, 1.165) is 16.6 Å². The largest absolute Gasteiger partial charge is 0.497 e. The molecule has 2 heterocycles. The van der Waals surface area contributed by atoms with E-state index in [1.807, 2.05) is 31.2 Å². The number of carbonyl (C=O) groups is 1. The molecule has 0 bridgehead atoms. The van der Waals surface area contributed by atoms with Crippen LogP contribution < -0.4 is 9.47 Å². The molecule has 0 aliphatic rings. The van der Waals surface area contributed by atoms with Gasteiger partial charge in [-0.2, -0.15) is 0 Å². The second-order valence-electron chi connectivity index (χ2n) is 5.46. The van der Waals surface area contributed by atoms with Crippen LogP contribution >= 0.6 is 0 Å². The molecule has 3 aromatic rings. The summed E-state index contributed by atoms with van der Waals surface area (Å²) in [6.07, 6.45) is 1.93. The highest BCUT2D eigenvalue weighted by Crippen LogP contribution is 2.31. The summed E-state index contributed by atoms with van der Waals surface area (Å²) in [6.45, 7) is 1.87. The number of fused-ring (bicyclic) bond motifs is 1. The fourth-order valence-corrected chi connectivity index (χ4v) is 2.64. The summed E-state index contributed by atoms with van der Waals surface area (Å²) in [5, 5.41) is 0.842. The van der Waals surface area contributed by atoms with Gasteiger partial charge in [0.25, 0.3) is 0 Å². The lowest BCUT2D eigenvalue weighted by atomic mass is 10.0. The molecule has 0 fully saturated rings. The molecular weight excluding hydrogens is 304 g/mol. The van der Waals surface area contributed by atoms with E-state index in [4.69, 9.17) is 9.47 Å². The van der Waals surface area contributed by atoms with Crippen LogP contribution in [-0.4, -0.2) is 30.0 Å². The lowest BCUT2D eigenvalue weighted by Gasteiger charge is -2.11. The van der Waals surface area contributed by atoms with Crippen molar-refractivity contribution in [2.45, 2.75) is 13.3 Å².